The molecule has 0 bridgehead atoms. The first-order valence-electron chi connectivity index (χ1n) is 2.85. The maximum absolute atomic E-state index is 10.1. The van der Waals surface area contributed by atoms with Crippen molar-refractivity contribution in [3.8, 4) is 0 Å². The zero-order valence-electron chi connectivity index (χ0n) is 5.47. The van der Waals surface area contributed by atoms with Crippen LogP contribution in [0.25, 0.3) is 0 Å². The fourth-order valence-electron chi connectivity index (χ4n) is 0.554. The van der Waals surface area contributed by atoms with Crippen molar-refractivity contribution in [3.63, 3.8) is 0 Å². The number of hydrogen-bond acceptors (Lipinski definition) is 5. The van der Waals surface area contributed by atoms with Gasteiger partial charge in [0.2, 0.25) is 5.70 Å². The molecule has 0 aliphatic carbocycles. The van der Waals surface area contributed by atoms with E-state index in [1.54, 1.807) is 5.94 Å². The van der Waals surface area contributed by atoms with Gasteiger partial charge in [0.25, 0.3) is 5.90 Å². The zero-order chi connectivity index (χ0) is 7.40. The Morgan fingerprint density at radius 1 is 1.80 bits per heavy atom. The van der Waals surface area contributed by atoms with E-state index in [2.05, 4.69) is 16.1 Å². The van der Waals surface area contributed by atoms with Gasteiger partial charge in [0.05, 0.1) is 6.61 Å². The molecule has 0 saturated carbocycles. The molecule has 2 N–H and O–H groups in total. The number of rotatable bonds is 1. The molecule has 0 spiro atoms. The summed E-state index contributed by atoms with van der Waals surface area (Å²) in [5, 5.41) is 3.61. The number of nitrogens with zero attached hydrogens (tertiary/aromatic N) is 1. The average Bonchev–Trinajstić information content (AvgIpc) is 2.36. The molecule has 5 nitrogen and oxygen atoms in total. The van der Waals surface area contributed by atoms with Gasteiger partial charge >= 0.3 is 0 Å². The monoisotopic (exact) mass is 141 g/mol. The molecular formula is C5H7N3O2. The van der Waals surface area contributed by atoms with Crippen LogP contribution in [0.5, 0.6) is 0 Å². The van der Waals surface area contributed by atoms with Crippen molar-refractivity contribution >= 4 is 11.8 Å². The van der Waals surface area contributed by atoms with E-state index in [0.717, 1.165) is 0 Å². The van der Waals surface area contributed by atoms with Crippen molar-refractivity contribution in [1.29, 1.82) is 0 Å². The minimum Gasteiger partial charge on any atom is -0.475 e. The van der Waals surface area contributed by atoms with Crippen LogP contribution >= 0.6 is 0 Å². The standard InChI is InChI=1S/C5H7N3O2/c1-2-10-5-4(3-9)6-8-7-5/h6,8H,2H2,1H3. The molecule has 10 heavy (non-hydrogen) atoms. The SMILES string of the molecule is CCOC1=NNNC1=C=O. The molecule has 1 aliphatic rings. The lowest BCUT2D eigenvalue weighted by Crippen LogP contribution is -2.21. The fourth-order valence-corrected chi connectivity index (χ4v) is 0.554. The predicted molar refractivity (Wildman–Crippen MR) is 34.5 cm³/mol. The first-order valence-corrected chi connectivity index (χ1v) is 2.85. The Hall–Kier alpha value is -1.48. The van der Waals surface area contributed by atoms with Gasteiger partial charge in [0.1, 0.15) is 0 Å². The number of ether oxygens (including phenoxy) is 1. The van der Waals surface area contributed by atoms with Gasteiger partial charge in [0, 0.05) is 0 Å². The molecule has 0 radical (unpaired) electrons. The Balaban J connectivity index is 2.65. The molecule has 5 heteroatoms. The van der Waals surface area contributed by atoms with Crippen LogP contribution in [-0.2, 0) is 9.53 Å². The Bertz CT molecular complexity index is 205. The molecule has 0 aromatic carbocycles. The van der Waals surface area contributed by atoms with Gasteiger partial charge in [-0.05, 0) is 6.92 Å². The number of hydrazone groups is 1. The van der Waals surface area contributed by atoms with E-state index < -0.39 is 0 Å². The van der Waals surface area contributed by atoms with Crippen LogP contribution in [0.4, 0.5) is 0 Å². The highest BCUT2D eigenvalue weighted by atomic mass is 16.5. The van der Waals surface area contributed by atoms with E-state index in [0.29, 0.717) is 6.61 Å². The molecule has 1 heterocycles. The minimum atomic E-state index is 0.210. The third kappa shape index (κ3) is 1.09. The van der Waals surface area contributed by atoms with E-state index >= 15 is 0 Å². The molecule has 0 unspecified atom stereocenters. The summed E-state index contributed by atoms with van der Waals surface area (Å²) in [6.07, 6.45) is 0. The van der Waals surface area contributed by atoms with Crippen molar-refractivity contribution < 1.29 is 9.53 Å². The van der Waals surface area contributed by atoms with Crippen LogP contribution in [-0.4, -0.2) is 18.4 Å². The Kier molecular flexibility index (Phi) is 1.92. The lowest BCUT2D eigenvalue weighted by atomic mass is 10.5. The quantitative estimate of drug-likeness (QED) is 0.467. The van der Waals surface area contributed by atoms with E-state index in [9.17, 15) is 4.79 Å². The molecule has 1 aliphatic heterocycles. The molecular weight excluding hydrogens is 134 g/mol. The van der Waals surface area contributed by atoms with Gasteiger partial charge < -0.3 is 4.74 Å². The molecule has 1 rings (SSSR count). The Morgan fingerprint density at radius 2 is 2.60 bits per heavy atom. The number of hydrogen-bond donors (Lipinski definition) is 2. The van der Waals surface area contributed by atoms with Crippen molar-refractivity contribution in [2.24, 2.45) is 5.10 Å². The highest BCUT2D eigenvalue weighted by Crippen LogP contribution is 1.94. The summed E-state index contributed by atoms with van der Waals surface area (Å²) >= 11 is 0. The van der Waals surface area contributed by atoms with Gasteiger partial charge in [-0.1, -0.05) is 0 Å². The second kappa shape index (κ2) is 2.89. The van der Waals surface area contributed by atoms with Crippen molar-refractivity contribution in [3.05, 3.63) is 5.70 Å². The third-order valence-electron chi connectivity index (χ3n) is 0.935. The first-order chi connectivity index (χ1) is 4.88. The van der Waals surface area contributed by atoms with E-state index in [4.69, 9.17) is 4.74 Å². The number of nitrogens with one attached hydrogen (secondary N) is 2. The fraction of sp³-hybridized carbons (Fsp3) is 0.400. The Morgan fingerprint density at radius 3 is 3.20 bits per heavy atom. The van der Waals surface area contributed by atoms with E-state index in [-0.39, 0.29) is 11.6 Å². The number of carbonyl (C=O) groups excluding carboxylic acids is 1. The summed E-state index contributed by atoms with van der Waals surface area (Å²) in [6, 6.07) is 0. The summed E-state index contributed by atoms with van der Waals surface area (Å²) in [7, 11) is 0. The first kappa shape index (κ1) is 6.64. The van der Waals surface area contributed by atoms with Gasteiger partial charge in [-0.25, -0.2) is 10.3 Å². The van der Waals surface area contributed by atoms with Crippen LogP contribution in [0.3, 0.4) is 0 Å². The highest BCUT2D eigenvalue weighted by Gasteiger charge is 2.14. The van der Waals surface area contributed by atoms with Gasteiger partial charge in [-0.2, -0.15) is 0 Å². The summed E-state index contributed by atoms with van der Waals surface area (Å²) < 4.78 is 4.93. The second-order valence-electron chi connectivity index (χ2n) is 1.56. The van der Waals surface area contributed by atoms with Crippen molar-refractivity contribution in [2.75, 3.05) is 6.61 Å². The molecule has 0 atom stereocenters. The Labute approximate surface area is 57.7 Å². The van der Waals surface area contributed by atoms with Crippen LogP contribution in [0.1, 0.15) is 6.92 Å². The molecule has 0 aromatic rings. The lowest BCUT2D eigenvalue weighted by molar-refractivity contribution is 0.328. The van der Waals surface area contributed by atoms with Crippen LogP contribution < -0.4 is 11.0 Å². The van der Waals surface area contributed by atoms with Crippen LogP contribution in [0, 0.1) is 0 Å². The van der Waals surface area contributed by atoms with E-state index in [1.807, 2.05) is 6.92 Å². The zero-order valence-corrected chi connectivity index (χ0v) is 5.47. The minimum absolute atomic E-state index is 0.210. The van der Waals surface area contributed by atoms with E-state index in [1.165, 1.54) is 0 Å². The normalized spacial score (nSPS) is 14.9. The summed E-state index contributed by atoms with van der Waals surface area (Å²) in [5.74, 6) is 1.90. The largest absolute Gasteiger partial charge is 0.475 e. The third-order valence-corrected chi connectivity index (χ3v) is 0.935. The summed E-state index contributed by atoms with van der Waals surface area (Å²) in [6.45, 7) is 2.29. The van der Waals surface area contributed by atoms with Crippen molar-refractivity contribution in [1.82, 2.24) is 11.0 Å². The number of hydrazine groups is 1. The molecule has 0 aromatic heterocycles. The molecule has 0 fully saturated rings. The maximum Gasteiger partial charge on any atom is 0.269 e. The molecule has 0 amide bonds. The molecule has 54 valence electrons. The summed E-state index contributed by atoms with van der Waals surface area (Å²) in [5.41, 5.74) is 5.04. The van der Waals surface area contributed by atoms with Crippen molar-refractivity contribution in [2.45, 2.75) is 6.92 Å². The highest BCUT2D eigenvalue weighted by molar-refractivity contribution is 6.00. The predicted octanol–water partition coefficient (Wildman–Crippen LogP) is -0.840. The smallest absolute Gasteiger partial charge is 0.269 e. The van der Waals surface area contributed by atoms with Crippen LogP contribution in [0.15, 0.2) is 10.8 Å². The maximum atomic E-state index is 10.1. The topological polar surface area (TPSA) is 62.7 Å². The average molecular weight is 141 g/mol. The van der Waals surface area contributed by atoms with Gasteiger partial charge in [-0.15, -0.1) is 5.10 Å². The van der Waals surface area contributed by atoms with Gasteiger partial charge in [-0.3, -0.25) is 5.43 Å². The molecule has 0 saturated heterocycles. The summed E-state index contributed by atoms with van der Waals surface area (Å²) in [4.78, 5) is 10.1. The van der Waals surface area contributed by atoms with Gasteiger partial charge in [0.15, 0.2) is 5.94 Å². The van der Waals surface area contributed by atoms with Crippen LogP contribution in [0.2, 0.25) is 0 Å². The second-order valence-corrected chi connectivity index (χ2v) is 1.56. The lowest BCUT2D eigenvalue weighted by Gasteiger charge is -1.97.